The molecule has 8 nitrogen and oxygen atoms in total. The highest BCUT2D eigenvalue weighted by Crippen LogP contribution is 2.33. The summed E-state index contributed by atoms with van der Waals surface area (Å²) in [5.41, 5.74) is 1.65. The molecule has 37 heavy (non-hydrogen) atoms. The van der Waals surface area contributed by atoms with Gasteiger partial charge in [-0.2, -0.15) is 5.10 Å². The number of pyridine rings is 1. The van der Waals surface area contributed by atoms with Crippen molar-refractivity contribution in [2.45, 2.75) is 45.2 Å². The van der Waals surface area contributed by atoms with Crippen molar-refractivity contribution in [2.24, 2.45) is 5.92 Å². The van der Waals surface area contributed by atoms with E-state index in [0.29, 0.717) is 42.5 Å². The molecule has 2 heterocycles. The zero-order chi connectivity index (χ0) is 26.7. The molecular weight excluding hydrogens is 522 g/mol. The van der Waals surface area contributed by atoms with E-state index in [4.69, 9.17) is 23.2 Å². The van der Waals surface area contributed by atoms with Gasteiger partial charge in [-0.15, -0.1) is 0 Å². The van der Waals surface area contributed by atoms with Crippen LogP contribution in [0.4, 0.5) is 4.39 Å². The second kappa shape index (κ2) is 11.4. The largest absolute Gasteiger partial charge is 0.481 e. The Balaban J connectivity index is 1.60. The Labute approximate surface area is 223 Å². The number of halogens is 3. The van der Waals surface area contributed by atoms with Crippen molar-refractivity contribution in [3.8, 4) is 0 Å². The first-order chi connectivity index (χ1) is 17.7. The first kappa shape index (κ1) is 26.8. The SMILES string of the molecule is Cc1c(C(=O)N(CC(=O)c2c(Cl)cncc2Cl)Cc2ccc(F)cc2)cnn1C1CCC(C(=O)O)CC1. The summed E-state index contributed by atoms with van der Waals surface area (Å²) in [6, 6.07) is 5.65. The van der Waals surface area contributed by atoms with Crippen molar-refractivity contribution in [2.75, 3.05) is 6.54 Å². The first-order valence-corrected chi connectivity index (χ1v) is 12.5. The number of aromatic nitrogens is 3. The lowest BCUT2D eigenvalue weighted by Gasteiger charge is -2.27. The lowest BCUT2D eigenvalue weighted by atomic mass is 9.86. The number of aliphatic carboxylic acids is 1. The van der Waals surface area contributed by atoms with E-state index in [9.17, 15) is 23.9 Å². The summed E-state index contributed by atoms with van der Waals surface area (Å²) >= 11 is 12.3. The third-order valence-corrected chi connectivity index (χ3v) is 7.28. The summed E-state index contributed by atoms with van der Waals surface area (Å²) in [5, 5.41) is 13.9. The number of amides is 1. The zero-order valence-electron chi connectivity index (χ0n) is 20.0. The van der Waals surface area contributed by atoms with Crippen LogP contribution in [0, 0.1) is 18.7 Å². The molecule has 194 valence electrons. The number of benzene rings is 1. The van der Waals surface area contributed by atoms with E-state index in [-0.39, 0.29) is 40.7 Å². The van der Waals surface area contributed by atoms with Crippen LogP contribution in [-0.2, 0) is 11.3 Å². The summed E-state index contributed by atoms with van der Waals surface area (Å²) in [6.45, 7) is 1.49. The van der Waals surface area contributed by atoms with Crippen LogP contribution in [0.2, 0.25) is 10.0 Å². The van der Waals surface area contributed by atoms with Crippen molar-refractivity contribution in [3.63, 3.8) is 0 Å². The van der Waals surface area contributed by atoms with E-state index in [0.717, 1.165) is 0 Å². The molecule has 0 spiro atoms. The number of nitrogens with zero attached hydrogens (tertiary/aromatic N) is 4. The number of carboxylic acids is 1. The molecular formula is C26H25Cl2FN4O4. The Morgan fingerprint density at radius 3 is 2.27 bits per heavy atom. The maximum absolute atomic E-state index is 13.7. The first-order valence-electron chi connectivity index (χ1n) is 11.8. The van der Waals surface area contributed by atoms with E-state index in [1.54, 1.807) is 23.7 Å². The van der Waals surface area contributed by atoms with Crippen LogP contribution in [0.5, 0.6) is 0 Å². The molecule has 1 N–H and O–H groups in total. The average molecular weight is 547 g/mol. The number of Topliss-reactive ketones (excluding diaryl/α,β-unsaturated/α-hetero) is 1. The maximum Gasteiger partial charge on any atom is 0.306 e. The number of carbonyl (C=O) groups is 3. The van der Waals surface area contributed by atoms with Crippen LogP contribution in [0.1, 0.15) is 63.7 Å². The number of rotatable bonds is 8. The van der Waals surface area contributed by atoms with Gasteiger partial charge in [-0.05, 0) is 50.3 Å². The third-order valence-electron chi connectivity index (χ3n) is 6.71. The second-order valence-corrected chi connectivity index (χ2v) is 9.94. The quantitative estimate of drug-likeness (QED) is 0.380. The molecule has 1 aromatic carbocycles. The molecule has 1 fully saturated rings. The summed E-state index contributed by atoms with van der Waals surface area (Å²) in [4.78, 5) is 43.4. The molecule has 0 unspecified atom stereocenters. The third kappa shape index (κ3) is 5.99. The van der Waals surface area contributed by atoms with Gasteiger partial charge in [0.25, 0.3) is 5.91 Å². The smallest absolute Gasteiger partial charge is 0.306 e. The number of carboxylic acid groups (broad SMARTS) is 1. The van der Waals surface area contributed by atoms with Gasteiger partial charge in [0.1, 0.15) is 5.82 Å². The molecule has 1 aliphatic rings. The number of hydrogen-bond acceptors (Lipinski definition) is 5. The molecule has 4 rings (SSSR count). The van der Waals surface area contributed by atoms with E-state index < -0.39 is 23.5 Å². The molecule has 1 saturated carbocycles. The Morgan fingerprint density at radius 2 is 1.68 bits per heavy atom. The predicted molar refractivity (Wildman–Crippen MR) is 135 cm³/mol. The minimum absolute atomic E-state index is 0.0150. The Bertz CT molecular complexity index is 1300. The fraction of sp³-hybridized carbons (Fsp3) is 0.346. The fourth-order valence-corrected chi connectivity index (χ4v) is 5.25. The molecule has 0 radical (unpaired) electrons. The van der Waals surface area contributed by atoms with Gasteiger partial charge in [-0.25, -0.2) is 4.39 Å². The van der Waals surface area contributed by atoms with Crippen molar-refractivity contribution in [1.29, 1.82) is 0 Å². The number of hydrogen-bond donors (Lipinski definition) is 1. The Kier molecular flexibility index (Phi) is 8.24. The van der Waals surface area contributed by atoms with Gasteiger partial charge in [0.15, 0.2) is 5.78 Å². The monoisotopic (exact) mass is 546 g/mol. The predicted octanol–water partition coefficient (Wildman–Crippen LogP) is 5.37. The lowest BCUT2D eigenvalue weighted by molar-refractivity contribution is -0.143. The molecule has 0 bridgehead atoms. The highest BCUT2D eigenvalue weighted by Gasteiger charge is 2.30. The van der Waals surface area contributed by atoms with Gasteiger partial charge in [0.2, 0.25) is 0 Å². The summed E-state index contributed by atoms with van der Waals surface area (Å²) in [6.07, 6.45) is 6.45. The van der Waals surface area contributed by atoms with Gasteiger partial charge in [0, 0.05) is 24.6 Å². The standard InChI is InChI=1S/C26H25Cl2FN4O4/c1-15-20(10-31-33(15)19-8-4-17(5-9-19)26(36)37)25(35)32(13-16-2-6-18(29)7-3-16)14-23(34)24-21(27)11-30-12-22(24)28/h2-3,6-7,10-12,17,19H,4-5,8-9,13-14H2,1H3,(H,36,37). The number of ketones is 1. The van der Waals surface area contributed by atoms with Gasteiger partial charge >= 0.3 is 5.97 Å². The van der Waals surface area contributed by atoms with E-state index in [1.165, 1.54) is 35.6 Å². The molecule has 1 amide bonds. The van der Waals surface area contributed by atoms with E-state index in [2.05, 4.69) is 10.1 Å². The topological polar surface area (TPSA) is 105 Å². The van der Waals surface area contributed by atoms with Gasteiger partial charge in [-0.1, -0.05) is 35.3 Å². The average Bonchev–Trinajstić information content (AvgIpc) is 3.25. The lowest BCUT2D eigenvalue weighted by Crippen LogP contribution is -2.36. The molecule has 2 aromatic heterocycles. The molecule has 0 saturated heterocycles. The summed E-state index contributed by atoms with van der Waals surface area (Å²) in [7, 11) is 0. The minimum Gasteiger partial charge on any atom is -0.481 e. The Hall–Kier alpha value is -3.30. The van der Waals surface area contributed by atoms with Crippen LogP contribution < -0.4 is 0 Å². The normalized spacial score (nSPS) is 17.4. The van der Waals surface area contributed by atoms with Crippen LogP contribution in [-0.4, -0.2) is 49.0 Å². The van der Waals surface area contributed by atoms with Crippen LogP contribution in [0.15, 0.2) is 42.9 Å². The molecule has 11 heteroatoms. The minimum atomic E-state index is -0.790. The highest BCUT2D eigenvalue weighted by atomic mass is 35.5. The summed E-state index contributed by atoms with van der Waals surface area (Å²) in [5.74, 6) is -2.46. The van der Waals surface area contributed by atoms with Crippen LogP contribution in [0.3, 0.4) is 0 Å². The van der Waals surface area contributed by atoms with Crippen LogP contribution in [0.25, 0.3) is 0 Å². The molecule has 3 aromatic rings. The fourth-order valence-electron chi connectivity index (χ4n) is 4.68. The number of carbonyl (C=O) groups excluding carboxylic acids is 2. The van der Waals surface area contributed by atoms with Crippen molar-refractivity contribution < 1.29 is 23.9 Å². The second-order valence-electron chi connectivity index (χ2n) is 9.12. The van der Waals surface area contributed by atoms with Crippen molar-refractivity contribution >= 4 is 40.9 Å². The van der Waals surface area contributed by atoms with E-state index >= 15 is 0 Å². The Morgan fingerprint density at radius 1 is 1.05 bits per heavy atom. The summed E-state index contributed by atoms with van der Waals surface area (Å²) < 4.78 is 15.2. The zero-order valence-corrected chi connectivity index (χ0v) is 21.5. The molecule has 1 aliphatic carbocycles. The van der Waals surface area contributed by atoms with E-state index in [1.807, 2.05) is 0 Å². The maximum atomic E-state index is 13.7. The van der Waals surface area contributed by atoms with Crippen molar-refractivity contribution in [3.05, 3.63) is 81.1 Å². The van der Waals surface area contributed by atoms with Gasteiger partial charge in [0.05, 0.1) is 45.9 Å². The van der Waals surface area contributed by atoms with Crippen molar-refractivity contribution in [1.82, 2.24) is 19.7 Å². The molecule has 0 atom stereocenters. The van der Waals surface area contributed by atoms with Crippen LogP contribution >= 0.6 is 23.2 Å². The molecule has 0 aliphatic heterocycles. The van der Waals surface area contributed by atoms with Gasteiger partial charge in [-0.3, -0.25) is 24.0 Å². The highest BCUT2D eigenvalue weighted by molar-refractivity contribution is 6.39. The van der Waals surface area contributed by atoms with Gasteiger partial charge < -0.3 is 10.0 Å².